The normalized spacial score (nSPS) is 22.0. The van der Waals surface area contributed by atoms with Crippen LogP contribution in [-0.2, 0) is 4.74 Å². The summed E-state index contributed by atoms with van der Waals surface area (Å²) in [7, 11) is 1.66. The van der Waals surface area contributed by atoms with Crippen LogP contribution in [0.4, 0.5) is 0 Å². The van der Waals surface area contributed by atoms with Gasteiger partial charge in [0.25, 0.3) is 0 Å². The van der Waals surface area contributed by atoms with Gasteiger partial charge in [0.1, 0.15) is 30.4 Å². The molecular formula is C14H21NO3. The van der Waals surface area contributed by atoms with Crippen molar-refractivity contribution in [3.05, 3.63) is 24.3 Å². The van der Waals surface area contributed by atoms with Gasteiger partial charge in [-0.3, -0.25) is 4.90 Å². The highest BCUT2D eigenvalue weighted by Crippen LogP contribution is 2.27. The Morgan fingerprint density at radius 3 is 2.28 bits per heavy atom. The van der Waals surface area contributed by atoms with Crippen LogP contribution in [0.2, 0.25) is 0 Å². The van der Waals surface area contributed by atoms with E-state index in [4.69, 9.17) is 14.2 Å². The number of hydrogen-bond acceptors (Lipinski definition) is 4. The molecule has 1 fully saturated rings. The minimum Gasteiger partial charge on any atom is -0.497 e. The molecule has 1 aromatic rings. The SMILES string of the molecule is CCN(CC)C1OC1COc1ccc(OC)cc1. The molecule has 0 saturated carbocycles. The number of ether oxygens (including phenoxy) is 3. The molecule has 18 heavy (non-hydrogen) atoms. The molecule has 0 N–H and O–H groups in total. The van der Waals surface area contributed by atoms with E-state index in [2.05, 4.69) is 18.7 Å². The molecule has 0 bridgehead atoms. The average Bonchev–Trinajstić information content (AvgIpc) is 3.18. The van der Waals surface area contributed by atoms with Crippen LogP contribution in [-0.4, -0.2) is 44.0 Å². The van der Waals surface area contributed by atoms with Crippen LogP contribution in [0.1, 0.15) is 13.8 Å². The van der Waals surface area contributed by atoms with Crippen LogP contribution in [0.25, 0.3) is 0 Å². The zero-order chi connectivity index (χ0) is 13.0. The lowest BCUT2D eigenvalue weighted by atomic mass is 10.3. The van der Waals surface area contributed by atoms with Crippen LogP contribution < -0.4 is 9.47 Å². The van der Waals surface area contributed by atoms with E-state index in [1.54, 1.807) is 7.11 Å². The van der Waals surface area contributed by atoms with Gasteiger partial charge in [0.05, 0.1) is 7.11 Å². The molecule has 2 atom stereocenters. The number of benzene rings is 1. The summed E-state index contributed by atoms with van der Waals surface area (Å²) in [6.07, 6.45) is 0.435. The molecular weight excluding hydrogens is 230 g/mol. The van der Waals surface area contributed by atoms with Crippen LogP contribution in [0.3, 0.4) is 0 Å². The van der Waals surface area contributed by atoms with Gasteiger partial charge < -0.3 is 14.2 Å². The second-order valence-corrected chi connectivity index (χ2v) is 4.27. The first-order valence-electron chi connectivity index (χ1n) is 6.44. The topological polar surface area (TPSA) is 34.2 Å². The third-order valence-corrected chi connectivity index (χ3v) is 3.20. The van der Waals surface area contributed by atoms with E-state index in [1.807, 2.05) is 24.3 Å². The van der Waals surface area contributed by atoms with Crippen molar-refractivity contribution in [1.29, 1.82) is 0 Å². The van der Waals surface area contributed by atoms with Gasteiger partial charge in [-0.15, -0.1) is 0 Å². The van der Waals surface area contributed by atoms with Crippen LogP contribution in [0, 0.1) is 0 Å². The molecule has 0 aromatic heterocycles. The van der Waals surface area contributed by atoms with Gasteiger partial charge in [0, 0.05) is 0 Å². The van der Waals surface area contributed by atoms with Gasteiger partial charge in [0.2, 0.25) is 0 Å². The molecule has 2 unspecified atom stereocenters. The fourth-order valence-corrected chi connectivity index (χ4v) is 2.01. The summed E-state index contributed by atoms with van der Waals surface area (Å²) >= 11 is 0. The first-order chi connectivity index (χ1) is 8.78. The minimum atomic E-state index is 0.201. The quantitative estimate of drug-likeness (QED) is 0.695. The van der Waals surface area contributed by atoms with Crippen LogP contribution in [0.5, 0.6) is 11.5 Å². The molecule has 0 radical (unpaired) electrons. The Hall–Kier alpha value is -1.26. The largest absolute Gasteiger partial charge is 0.497 e. The number of methoxy groups -OCH3 is 1. The monoisotopic (exact) mass is 251 g/mol. The van der Waals surface area contributed by atoms with Crippen molar-refractivity contribution in [3.8, 4) is 11.5 Å². The predicted octanol–water partition coefficient (Wildman–Crippen LogP) is 2.14. The highest BCUT2D eigenvalue weighted by atomic mass is 16.6. The third kappa shape index (κ3) is 3.15. The summed E-state index contributed by atoms with van der Waals surface area (Å²) in [6.45, 7) is 6.92. The number of rotatable bonds is 7. The van der Waals surface area contributed by atoms with Gasteiger partial charge in [-0.2, -0.15) is 0 Å². The summed E-state index contributed by atoms with van der Waals surface area (Å²) in [5.41, 5.74) is 0. The maximum absolute atomic E-state index is 5.69. The number of likely N-dealkylation sites (N-methyl/N-ethyl adjacent to an activating group) is 1. The van der Waals surface area contributed by atoms with E-state index >= 15 is 0 Å². The van der Waals surface area contributed by atoms with Gasteiger partial charge in [-0.05, 0) is 37.4 Å². The fraction of sp³-hybridized carbons (Fsp3) is 0.571. The molecule has 100 valence electrons. The number of hydrogen-bond donors (Lipinski definition) is 0. The lowest BCUT2D eigenvalue weighted by molar-refractivity contribution is 0.189. The summed E-state index contributed by atoms with van der Waals surface area (Å²) < 4.78 is 16.4. The van der Waals surface area contributed by atoms with E-state index in [0.717, 1.165) is 24.6 Å². The summed E-state index contributed by atoms with van der Waals surface area (Å²) in [5.74, 6) is 1.69. The summed E-state index contributed by atoms with van der Waals surface area (Å²) in [5, 5.41) is 0. The Balaban J connectivity index is 1.76. The molecule has 2 rings (SSSR count). The van der Waals surface area contributed by atoms with Crippen molar-refractivity contribution in [2.24, 2.45) is 0 Å². The van der Waals surface area contributed by atoms with Crippen molar-refractivity contribution in [2.75, 3.05) is 26.8 Å². The van der Waals surface area contributed by atoms with E-state index in [9.17, 15) is 0 Å². The molecule has 0 aliphatic carbocycles. The summed E-state index contributed by atoms with van der Waals surface area (Å²) in [4.78, 5) is 2.29. The lowest BCUT2D eigenvalue weighted by Gasteiger charge is -2.14. The molecule has 0 amide bonds. The van der Waals surface area contributed by atoms with Crippen molar-refractivity contribution in [2.45, 2.75) is 26.2 Å². The molecule has 1 aliphatic heterocycles. The lowest BCUT2D eigenvalue weighted by Crippen LogP contribution is -2.29. The third-order valence-electron chi connectivity index (χ3n) is 3.20. The second-order valence-electron chi connectivity index (χ2n) is 4.27. The van der Waals surface area contributed by atoms with Crippen LogP contribution >= 0.6 is 0 Å². The Bertz CT molecular complexity index is 362. The highest BCUT2D eigenvalue weighted by molar-refractivity contribution is 5.31. The molecule has 1 heterocycles. The zero-order valence-electron chi connectivity index (χ0n) is 11.3. The maximum atomic E-state index is 5.69. The summed E-state index contributed by atoms with van der Waals surface area (Å²) in [6, 6.07) is 7.61. The van der Waals surface area contributed by atoms with Crippen LogP contribution in [0.15, 0.2) is 24.3 Å². The Kier molecular flexibility index (Phi) is 4.44. The number of epoxide rings is 1. The van der Waals surface area contributed by atoms with E-state index in [1.165, 1.54) is 0 Å². The highest BCUT2D eigenvalue weighted by Gasteiger charge is 2.42. The standard InChI is InChI=1S/C14H21NO3/c1-4-15(5-2)14-13(18-14)10-17-12-8-6-11(16-3)7-9-12/h6-9,13-14H,4-5,10H2,1-3H3. The molecule has 4 nitrogen and oxygen atoms in total. The maximum Gasteiger partial charge on any atom is 0.141 e. The molecule has 1 saturated heterocycles. The fourth-order valence-electron chi connectivity index (χ4n) is 2.01. The average molecular weight is 251 g/mol. The Morgan fingerprint density at radius 1 is 1.11 bits per heavy atom. The Morgan fingerprint density at radius 2 is 1.72 bits per heavy atom. The van der Waals surface area contributed by atoms with Crippen molar-refractivity contribution < 1.29 is 14.2 Å². The Labute approximate surface area is 108 Å². The smallest absolute Gasteiger partial charge is 0.141 e. The van der Waals surface area contributed by atoms with Gasteiger partial charge in [0.15, 0.2) is 0 Å². The molecule has 4 heteroatoms. The van der Waals surface area contributed by atoms with Crippen molar-refractivity contribution >= 4 is 0 Å². The molecule has 1 aromatic carbocycles. The van der Waals surface area contributed by atoms with E-state index < -0.39 is 0 Å². The second kappa shape index (κ2) is 6.07. The van der Waals surface area contributed by atoms with Crippen molar-refractivity contribution in [1.82, 2.24) is 4.90 Å². The minimum absolute atomic E-state index is 0.201. The number of nitrogens with zero attached hydrogens (tertiary/aromatic N) is 1. The van der Waals surface area contributed by atoms with Gasteiger partial charge in [-0.1, -0.05) is 13.8 Å². The van der Waals surface area contributed by atoms with Gasteiger partial charge in [-0.25, -0.2) is 0 Å². The van der Waals surface area contributed by atoms with E-state index in [-0.39, 0.29) is 12.3 Å². The predicted molar refractivity (Wildman–Crippen MR) is 70.1 cm³/mol. The first-order valence-corrected chi connectivity index (χ1v) is 6.44. The first kappa shape index (κ1) is 13.2. The molecule has 0 spiro atoms. The van der Waals surface area contributed by atoms with Crippen molar-refractivity contribution in [3.63, 3.8) is 0 Å². The molecule has 1 aliphatic rings. The van der Waals surface area contributed by atoms with E-state index in [0.29, 0.717) is 6.61 Å². The van der Waals surface area contributed by atoms with Gasteiger partial charge >= 0.3 is 0 Å². The zero-order valence-corrected chi connectivity index (χ0v) is 11.3.